The molecule has 0 aliphatic heterocycles. The molecule has 0 atom stereocenters. The molecule has 0 bridgehead atoms. The summed E-state index contributed by atoms with van der Waals surface area (Å²) < 4.78 is 0. The standard InChI is InChI=1S/C11H14N2O4/c1-7-6-8(13(16)17)4-5-9(7)12-11(2,3)10(14)15/h4-6,12H,1-3H3,(H,14,15). The molecule has 0 unspecified atom stereocenters. The number of non-ortho nitro benzene ring substituents is 1. The normalized spacial score (nSPS) is 11.0. The Morgan fingerprint density at radius 2 is 2.06 bits per heavy atom. The maximum absolute atomic E-state index is 10.9. The smallest absolute Gasteiger partial charge is 0.328 e. The van der Waals surface area contributed by atoms with E-state index in [0.717, 1.165) is 0 Å². The van der Waals surface area contributed by atoms with Crippen LogP contribution in [0.5, 0.6) is 0 Å². The fourth-order valence-electron chi connectivity index (χ4n) is 1.29. The van der Waals surface area contributed by atoms with Gasteiger partial charge in [0.2, 0.25) is 0 Å². The lowest BCUT2D eigenvalue weighted by atomic mass is 10.0. The van der Waals surface area contributed by atoms with E-state index in [-0.39, 0.29) is 5.69 Å². The van der Waals surface area contributed by atoms with E-state index in [1.54, 1.807) is 6.92 Å². The van der Waals surface area contributed by atoms with Gasteiger partial charge in [-0.1, -0.05) is 0 Å². The van der Waals surface area contributed by atoms with Crippen LogP contribution in [0.25, 0.3) is 0 Å². The molecule has 0 aliphatic carbocycles. The highest BCUT2D eigenvalue weighted by Crippen LogP contribution is 2.24. The van der Waals surface area contributed by atoms with Crippen LogP contribution in [0.1, 0.15) is 19.4 Å². The van der Waals surface area contributed by atoms with Crippen LogP contribution >= 0.6 is 0 Å². The number of aryl methyl sites for hydroxylation is 1. The molecule has 0 aromatic heterocycles. The lowest BCUT2D eigenvalue weighted by molar-refractivity contribution is -0.384. The molecule has 1 aromatic rings. The zero-order valence-corrected chi connectivity index (χ0v) is 9.85. The van der Waals surface area contributed by atoms with Gasteiger partial charge in [-0.2, -0.15) is 0 Å². The highest BCUT2D eigenvalue weighted by atomic mass is 16.6. The number of nitro groups is 1. The van der Waals surface area contributed by atoms with Gasteiger partial charge in [0, 0.05) is 17.8 Å². The number of rotatable bonds is 4. The molecule has 6 heteroatoms. The molecule has 1 aromatic carbocycles. The largest absolute Gasteiger partial charge is 0.480 e. The van der Waals surface area contributed by atoms with E-state index >= 15 is 0 Å². The summed E-state index contributed by atoms with van der Waals surface area (Å²) in [7, 11) is 0. The number of carboxylic acids is 1. The molecule has 0 radical (unpaired) electrons. The van der Waals surface area contributed by atoms with Crippen molar-refractivity contribution in [1.82, 2.24) is 0 Å². The van der Waals surface area contributed by atoms with Crippen LogP contribution in [0.4, 0.5) is 11.4 Å². The van der Waals surface area contributed by atoms with E-state index in [4.69, 9.17) is 5.11 Å². The summed E-state index contributed by atoms with van der Waals surface area (Å²) in [6.07, 6.45) is 0. The summed E-state index contributed by atoms with van der Waals surface area (Å²) in [6.45, 7) is 4.74. The predicted molar refractivity (Wildman–Crippen MR) is 63.2 cm³/mol. The molecule has 1 rings (SSSR count). The number of nitrogens with one attached hydrogen (secondary N) is 1. The Bertz CT molecular complexity index is 469. The van der Waals surface area contributed by atoms with Crippen LogP contribution in [-0.2, 0) is 4.79 Å². The number of anilines is 1. The minimum absolute atomic E-state index is 0.0128. The Morgan fingerprint density at radius 3 is 2.47 bits per heavy atom. The number of hydrogen-bond acceptors (Lipinski definition) is 4. The Balaban J connectivity index is 3.02. The Morgan fingerprint density at radius 1 is 1.47 bits per heavy atom. The van der Waals surface area contributed by atoms with E-state index in [1.807, 2.05) is 0 Å². The summed E-state index contributed by atoms with van der Waals surface area (Å²) >= 11 is 0. The van der Waals surface area contributed by atoms with Gasteiger partial charge in [-0.15, -0.1) is 0 Å². The van der Waals surface area contributed by atoms with E-state index in [2.05, 4.69) is 5.32 Å². The minimum Gasteiger partial charge on any atom is -0.480 e. The maximum atomic E-state index is 10.9. The third kappa shape index (κ3) is 2.93. The van der Waals surface area contributed by atoms with Gasteiger partial charge >= 0.3 is 5.97 Å². The topological polar surface area (TPSA) is 92.5 Å². The van der Waals surface area contributed by atoms with Gasteiger partial charge in [-0.3, -0.25) is 10.1 Å². The van der Waals surface area contributed by atoms with Gasteiger partial charge < -0.3 is 10.4 Å². The number of aliphatic carboxylic acids is 1. The number of nitrogens with zero attached hydrogens (tertiary/aromatic N) is 1. The van der Waals surface area contributed by atoms with Crippen molar-refractivity contribution in [2.75, 3.05) is 5.32 Å². The zero-order valence-electron chi connectivity index (χ0n) is 9.85. The minimum atomic E-state index is -1.12. The van der Waals surface area contributed by atoms with E-state index in [1.165, 1.54) is 32.0 Å². The van der Waals surface area contributed by atoms with E-state index in [9.17, 15) is 14.9 Å². The lowest BCUT2D eigenvalue weighted by Crippen LogP contribution is -2.40. The van der Waals surface area contributed by atoms with Crippen LogP contribution in [0.2, 0.25) is 0 Å². The molecule has 0 heterocycles. The first kappa shape index (κ1) is 13.0. The van der Waals surface area contributed by atoms with Gasteiger partial charge in [-0.05, 0) is 32.4 Å². The van der Waals surface area contributed by atoms with Crippen molar-refractivity contribution in [2.24, 2.45) is 0 Å². The lowest BCUT2D eigenvalue weighted by Gasteiger charge is -2.23. The fraction of sp³-hybridized carbons (Fsp3) is 0.364. The second kappa shape index (κ2) is 4.40. The van der Waals surface area contributed by atoms with Crippen molar-refractivity contribution >= 4 is 17.3 Å². The first-order chi connectivity index (χ1) is 7.74. The Labute approximate surface area is 98.4 Å². The third-order valence-corrected chi connectivity index (χ3v) is 2.40. The molecule has 92 valence electrons. The molecule has 0 fully saturated rings. The van der Waals surface area contributed by atoms with Crippen LogP contribution in [0.15, 0.2) is 18.2 Å². The summed E-state index contributed by atoms with van der Waals surface area (Å²) in [5.41, 5.74) is 0.0682. The number of benzene rings is 1. The van der Waals surface area contributed by atoms with Crippen LogP contribution in [0.3, 0.4) is 0 Å². The molecule has 0 saturated heterocycles. The van der Waals surface area contributed by atoms with E-state index in [0.29, 0.717) is 11.3 Å². The quantitative estimate of drug-likeness (QED) is 0.619. The van der Waals surface area contributed by atoms with Gasteiger partial charge in [0.1, 0.15) is 5.54 Å². The highest BCUT2D eigenvalue weighted by molar-refractivity contribution is 5.82. The van der Waals surface area contributed by atoms with Gasteiger partial charge in [0.15, 0.2) is 0 Å². The third-order valence-electron chi connectivity index (χ3n) is 2.40. The molecule has 0 aliphatic rings. The molecule has 6 nitrogen and oxygen atoms in total. The summed E-state index contributed by atoms with van der Waals surface area (Å²) in [5, 5.41) is 22.3. The second-order valence-electron chi connectivity index (χ2n) is 4.31. The molecule has 2 N–H and O–H groups in total. The molecular formula is C11H14N2O4. The molecular weight excluding hydrogens is 224 g/mol. The zero-order chi connectivity index (χ0) is 13.2. The number of carbonyl (C=O) groups is 1. The number of nitro benzene ring substituents is 1. The van der Waals surface area contributed by atoms with Crippen molar-refractivity contribution in [1.29, 1.82) is 0 Å². The van der Waals surface area contributed by atoms with Crippen molar-refractivity contribution in [2.45, 2.75) is 26.3 Å². The number of hydrogen-bond donors (Lipinski definition) is 2. The fourth-order valence-corrected chi connectivity index (χ4v) is 1.29. The molecule has 0 amide bonds. The predicted octanol–water partition coefficient (Wildman–Crippen LogP) is 2.18. The first-order valence-corrected chi connectivity index (χ1v) is 5.00. The maximum Gasteiger partial charge on any atom is 0.328 e. The first-order valence-electron chi connectivity index (χ1n) is 5.00. The summed E-state index contributed by atoms with van der Waals surface area (Å²) in [6, 6.07) is 4.26. The molecule has 0 saturated carbocycles. The second-order valence-corrected chi connectivity index (χ2v) is 4.31. The van der Waals surface area contributed by atoms with Gasteiger partial charge in [0.05, 0.1) is 4.92 Å². The molecule has 17 heavy (non-hydrogen) atoms. The van der Waals surface area contributed by atoms with Crippen LogP contribution in [-0.4, -0.2) is 21.5 Å². The van der Waals surface area contributed by atoms with Crippen LogP contribution < -0.4 is 5.32 Å². The SMILES string of the molecule is Cc1cc([N+](=O)[O-])ccc1NC(C)(C)C(=O)O. The van der Waals surface area contributed by atoms with Crippen molar-refractivity contribution < 1.29 is 14.8 Å². The highest BCUT2D eigenvalue weighted by Gasteiger charge is 2.27. The van der Waals surface area contributed by atoms with Crippen molar-refractivity contribution in [3.63, 3.8) is 0 Å². The average molecular weight is 238 g/mol. The Kier molecular flexibility index (Phi) is 3.36. The van der Waals surface area contributed by atoms with Crippen molar-refractivity contribution in [3.05, 3.63) is 33.9 Å². The average Bonchev–Trinajstić information content (AvgIpc) is 2.20. The number of carboxylic acid groups (broad SMARTS) is 1. The molecule has 0 spiro atoms. The van der Waals surface area contributed by atoms with Gasteiger partial charge in [0.25, 0.3) is 5.69 Å². The summed E-state index contributed by atoms with van der Waals surface area (Å²) in [4.78, 5) is 21.0. The monoisotopic (exact) mass is 238 g/mol. The Hall–Kier alpha value is -2.11. The van der Waals surface area contributed by atoms with Crippen LogP contribution in [0, 0.1) is 17.0 Å². The summed E-state index contributed by atoms with van der Waals surface area (Å²) in [5.74, 6) is -0.991. The van der Waals surface area contributed by atoms with Gasteiger partial charge in [-0.25, -0.2) is 4.79 Å². The van der Waals surface area contributed by atoms with Crippen molar-refractivity contribution in [3.8, 4) is 0 Å². The van der Waals surface area contributed by atoms with E-state index < -0.39 is 16.4 Å².